The minimum Gasteiger partial charge on any atom is -0.294 e. The molecule has 1 aromatic carbocycles. The van der Waals surface area contributed by atoms with E-state index in [9.17, 15) is 4.79 Å². The van der Waals surface area contributed by atoms with Crippen LogP contribution >= 0.6 is 27.3 Å². The molecule has 2 aromatic rings. The van der Waals surface area contributed by atoms with Crippen molar-refractivity contribution >= 4 is 33.0 Å². The molecular formula is C14H13BrOS. The van der Waals surface area contributed by atoms with Gasteiger partial charge in [-0.2, -0.15) is 0 Å². The molecule has 1 heterocycles. The van der Waals surface area contributed by atoms with Gasteiger partial charge >= 0.3 is 0 Å². The number of hydrogen-bond donors (Lipinski definition) is 0. The van der Waals surface area contributed by atoms with Crippen LogP contribution in [0.15, 0.2) is 34.1 Å². The molecule has 0 atom stereocenters. The number of carbonyl (C=O) groups is 1. The first-order valence-electron chi connectivity index (χ1n) is 5.41. The van der Waals surface area contributed by atoms with E-state index in [1.54, 1.807) is 11.3 Å². The molecule has 0 amide bonds. The van der Waals surface area contributed by atoms with Gasteiger partial charge in [0.15, 0.2) is 5.78 Å². The first kappa shape index (κ1) is 12.5. The third-order valence-corrected chi connectivity index (χ3v) is 4.84. The lowest BCUT2D eigenvalue weighted by Gasteiger charge is -2.07. The smallest absolute Gasteiger partial charge is 0.168 e. The molecule has 0 aliphatic heterocycles. The summed E-state index contributed by atoms with van der Waals surface area (Å²) in [6, 6.07) is 7.87. The fourth-order valence-corrected chi connectivity index (χ4v) is 3.24. The molecule has 88 valence electrons. The van der Waals surface area contributed by atoms with Crippen molar-refractivity contribution in [2.24, 2.45) is 0 Å². The molecule has 0 fully saturated rings. The second-order valence-electron chi connectivity index (χ2n) is 4.04. The molecule has 1 nitrogen and oxygen atoms in total. The van der Waals surface area contributed by atoms with Crippen LogP contribution in [-0.4, -0.2) is 5.78 Å². The Bertz CT molecular complexity index is 557. The molecule has 3 heteroatoms. The van der Waals surface area contributed by atoms with Crippen molar-refractivity contribution < 1.29 is 4.79 Å². The van der Waals surface area contributed by atoms with Crippen molar-refractivity contribution in [1.29, 1.82) is 0 Å². The molecule has 0 saturated heterocycles. The van der Waals surface area contributed by atoms with E-state index in [1.165, 1.54) is 5.56 Å². The molecule has 0 bridgehead atoms. The van der Waals surface area contributed by atoms with Crippen LogP contribution in [0.2, 0.25) is 0 Å². The van der Waals surface area contributed by atoms with Gasteiger partial charge in [-0.15, -0.1) is 11.3 Å². The fourth-order valence-electron chi connectivity index (χ4n) is 1.75. The van der Waals surface area contributed by atoms with Crippen LogP contribution in [0.25, 0.3) is 0 Å². The summed E-state index contributed by atoms with van der Waals surface area (Å²) in [6.07, 6.45) is 0.475. The molecule has 0 saturated carbocycles. The van der Waals surface area contributed by atoms with Gasteiger partial charge in [0.05, 0.1) is 0 Å². The summed E-state index contributed by atoms with van der Waals surface area (Å²) in [5.74, 6) is 0.189. The van der Waals surface area contributed by atoms with Crippen LogP contribution in [0.1, 0.15) is 26.4 Å². The van der Waals surface area contributed by atoms with Gasteiger partial charge in [-0.25, -0.2) is 0 Å². The highest BCUT2D eigenvalue weighted by molar-refractivity contribution is 9.10. The lowest BCUT2D eigenvalue weighted by molar-refractivity contribution is 0.0993. The molecule has 0 radical (unpaired) electrons. The van der Waals surface area contributed by atoms with E-state index in [0.29, 0.717) is 6.42 Å². The molecule has 0 aliphatic rings. The maximum atomic E-state index is 12.2. The maximum Gasteiger partial charge on any atom is 0.168 e. The maximum absolute atomic E-state index is 12.2. The molecule has 0 aliphatic carbocycles. The van der Waals surface area contributed by atoms with E-state index >= 15 is 0 Å². The first-order chi connectivity index (χ1) is 8.09. The zero-order chi connectivity index (χ0) is 12.4. The lowest BCUT2D eigenvalue weighted by atomic mass is 9.98. The Balaban J connectivity index is 2.27. The minimum atomic E-state index is 0.189. The van der Waals surface area contributed by atoms with Gasteiger partial charge in [0.1, 0.15) is 0 Å². The quantitative estimate of drug-likeness (QED) is 0.760. The summed E-state index contributed by atoms with van der Waals surface area (Å²) in [5, 5.41) is 2.00. The summed E-state index contributed by atoms with van der Waals surface area (Å²) in [5.41, 5.74) is 3.09. The van der Waals surface area contributed by atoms with Gasteiger partial charge in [-0.05, 0) is 52.4 Å². The third-order valence-electron chi connectivity index (χ3n) is 2.92. The number of benzene rings is 1. The van der Waals surface area contributed by atoms with Gasteiger partial charge in [-0.3, -0.25) is 4.79 Å². The molecule has 17 heavy (non-hydrogen) atoms. The van der Waals surface area contributed by atoms with Gasteiger partial charge < -0.3 is 0 Å². The Morgan fingerprint density at radius 2 is 2.06 bits per heavy atom. The Morgan fingerprint density at radius 1 is 1.29 bits per heavy atom. The summed E-state index contributed by atoms with van der Waals surface area (Å²) >= 11 is 5.07. The number of carbonyl (C=O) groups excluding carboxylic acids is 1. The summed E-state index contributed by atoms with van der Waals surface area (Å²) < 4.78 is 1.03. The van der Waals surface area contributed by atoms with Crippen molar-refractivity contribution in [3.05, 3.63) is 55.7 Å². The van der Waals surface area contributed by atoms with E-state index in [2.05, 4.69) is 15.9 Å². The number of halogens is 1. The molecule has 0 spiro atoms. The van der Waals surface area contributed by atoms with Crippen molar-refractivity contribution in [3.8, 4) is 0 Å². The number of hydrogen-bond acceptors (Lipinski definition) is 2. The summed E-state index contributed by atoms with van der Waals surface area (Å²) in [6.45, 7) is 4.04. The Morgan fingerprint density at radius 3 is 2.71 bits per heavy atom. The SMILES string of the molecule is Cc1cccc(C(=O)Cc2sccc2Br)c1C. The Labute approximate surface area is 114 Å². The molecule has 1 aromatic heterocycles. The molecular weight excluding hydrogens is 296 g/mol. The Hall–Kier alpha value is -0.930. The van der Waals surface area contributed by atoms with Crippen LogP contribution in [0, 0.1) is 13.8 Å². The molecule has 0 unspecified atom stereocenters. The highest BCUT2D eigenvalue weighted by Gasteiger charge is 2.13. The van der Waals surface area contributed by atoms with Crippen LogP contribution in [0.4, 0.5) is 0 Å². The van der Waals surface area contributed by atoms with Gasteiger partial charge in [0.25, 0.3) is 0 Å². The number of ketones is 1. The average Bonchev–Trinajstić information content (AvgIpc) is 2.68. The van der Waals surface area contributed by atoms with Crippen LogP contribution in [0.5, 0.6) is 0 Å². The average molecular weight is 309 g/mol. The molecule has 2 rings (SSSR count). The number of aryl methyl sites for hydroxylation is 1. The van der Waals surface area contributed by atoms with Crippen molar-refractivity contribution in [3.63, 3.8) is 0 Å². The second-order valence-corrected chi connectivity index (χ2v) is 5.89. The van der Waals surface area contributed by atoms with Crippen molar-refractivity contribution in [2.75, 3.05) is 0 Å². The standard InChI is InChI=1S/C14H13BrOS/c1-9-4-3-5-11(10(9)2)13(16)8-14-12(15)6-7-17-14/h3-7H,8H2,1-2H3. The van der Waals surface area contributed by atoms with E-state index in [0.717, 1.165) is 20.5 Å². The van der Waals surface area contributed by atoms with E-state index in [-0.39, 0.29) is 5.78 Å². The van der Waals surface area contributed by atoms with Crippen molar-refractivity contribution in [2.45, 2.75) is 20.3 Å². The number of rotatable bonds is 3. The lowest BCUT2D eigenvalue weighted by Crippen LogP contribution is -2.05. The highest BCUT2D eigenvalue weighted by atomic mass is 79.9. The third kappa shape index (κ3) is 2.67. The minimum absolute atomic E-state index is 0.189. The predicted octanol–water partition coefficient (Wildman–Crippen LogP) is 4.55. The highest BCUT2D eigenvalue weighted by Crippen LogP contribution is 2.25. The van der Waals surface area contributed by atoms with Crippen LogP contribution in [0.3, 0.4) is 0 Å². The largest absolute Gasteiger partial charge is 0.294 e. The monoisotopic (exact) mass is 308 g/mol. The number of thiophene rings is 1. The number of Topliss-reactive ketones (excluding diaryl/α,β-unsaturated/α-hetero) is 1. The van der Waals surface area contributed by atoms with Gasteiger partial charge in [0, 0.05) is 21.3 Å². The molecule has 0 N–H and O–H groups in total. The van der Waals surface area contributed by atoms with Crippen molar-refractivity contribution in [1.82, 2.24) is 0 Å². The topological polar surface area (TPSA) is 17.1 Å². The van der Waals surface area contributed by atoms with Gasteiger partial charge in [-0.1, -0.05) is 18.2 Å². The zero-order valence-corrected chi connectivity index (χ0v) is 12.2. The summed E-state index contributed by atoms with van der Waals surface area (Å²) in [4.78, 5) is 13.3. The van der Waals surface area contributed by atoms with Crippen LogP contribution in [-0.2, 0) is 6.42 Å². The predicted molar refractivity (Wildman–Crippen MR) is 76.0 cm³/mol. The normalized spacial score (nSPS) is 10.5. The Kier molecular flexibility index (Phi) is 3.79. The summed E-state index contributed by atoms with van der Waals surface area (Å²) in [7, 11) is 0. The second kappa shape index (κ2) is 5.15. The van der Waals surface area contributed by atoms with Gasteiger partial charge in [0.2, 0.25) is 0 Å². The van der Waals surface area contributed by atoms with E-state index in [4.69, 9.17) is 0 Å². The zero-order valence-electron chi connectivity index (χ0n) is 9.79. The van der Waals surface area contributed by atoms with E-state index in [1.807, 2.05) is 43.5 Å². The first-order valence-corrected chi connectivity index (χ1v) is 7.08. The van der Waals surface area contributed by atoms with E-state index < -0.39 is 0 Å². The van der Waals surface area contributed by atoms with Crippen LogP contribution < -0.4 is 0 Å². The fraction of sp³-hybridized carbons (Fsp3) is 0.214.